The van der Waals surface area contributed by atoms with Crippen molar-refractivity contribution in [3.8, 4) is 0 Å². The highest BCUT2D eigenvalue weighted by Crippen LogP contribution is 2.32. The number of aryl methyl sites for hydroxylation is 1. The number of amides is 1. The summed E-state index contributed by atoms with van der Waals surface area (Å²) in [5, 5.41) is 13.4. The van der Waals surface area contributed by atoms with Gasteiger partial charge in [-0.1, -0.05) is 0 Å². The summed E-state index contributed by atoms with van der Waals surface area (Å²) in [6, 6.07) is 0.0442. The van der Waals surface area contributed by atoms with Crippen LogP contribution in [0.1, 0.15) is 32.5 Å². The second-order valence-electron chi connectivity index (χ2n) is 5.68. The number of carbonyl (C=O) groups excluding carboxylic acids is 1. The minimum absolute atomic E-state index is 0. The van der Waals surface area contributed by atoms with Gasteiger partial charge in [-0.25, -0.2) is 14.8 Å². The molecule has 3 N–H and O–H groups in total. The highest BCUT2D eigenvalue weighted by atomic mass is 127. The number of hydrogen-bond acceptors (Lipinski definition) is 5. The molecule has 1 aromatic rings. The van der Waals surface area contributed by atoms with Crippen molar-refractivity contribution < 1.29 is 9.53 Å². The third kappa shape index (κ3) is 7.45. The maximum Gasteiger partial charge on any atom is 0.407 e. The SMILES string of the molecule is CCNC(=NCc1ncnn1C)NCC(NC(=O)OCC)C1CC1.I. The van der Waals surface area contributed by atoms with Crippen molar-refractivity contribution in [2.45, 2.75) is 39.3 Å². The molecule has 1 atom stereocenters. The Bertz CT molecular complexity index is 560. The molecule has 1 fully saturated rings. The summed E-state index contributed by atoms with van der Waals surface area (Å²) in [5.74, 6) is 1.98. The van der Waals surface area contributed by atoms with E-state index in [-0.39, 0.29) is 36.1 Å². The van der Waals surface area contributed by atoms with Crippen LogP contribution in [0.25, 0.3) is 0 Å². The van der Waals surface area contributed by atoms with E-state index in [9.17, 15) is 4.79 Å². The molecule has 25 heavy (non-hydrogen) atoms. The Labute approximate surface area is 165 Å². The molecule has 9 nitrogen and oxygen atoms in total. The van der Waals surface area contributed by atoms with Gasteiger partial charge in [0.25, 0.3) is 0 Å². The third-order valence-electron chi connectivity index (χ3n) is 3.79. The Morgan fingerprint density at radius 1 is 1.44 bits per heavy atom. The number of rotatable bonds is 8. The highest BCUT2D eigenvalue weighted by molar-refractivity contribution is 14.0. The Kier molecular flexibility index (Phi) is 9.53. The number of hydrogen-bond donors (Lipinski definition) is 3. The number of aliphatic imine (C=N–C) groups is 1. The summed E-state index contributed by atoms with van der Waals surface area (Å²) >= 11 is 0. The molecule has 10 heteroatoms. The van der Waals surface area contributed by atoms with Crippen LogP contribution in [0.3, 0.4) is 0 Å². The predicted octanol–water partition coefficient (Wildman–Crippen LogP) is 1.01. The van der Waals surface area contributed by atoms with E-state index >= 15 is 0 Å². The fourth-order valence-electron chi connectivity index (χ4n) is 2.32. The van der Waals surface area contributed by atoms with Crippen molar-refractivity contribution in [2.75, 3.05) is 19.7 Å². The average Bonchev–Trinajstić information content (AvgIpc) is 3.32. The van der Waals surface area contributed by atoms with Crippen LogP contribution in [-0.4, -0.2) is 52.6 Å². The van der Waals surface area contributed by atoms with E-state index in [1.54, 1.807) is 11.6 Å². The molecule has 1 heterocycles. The van der Waals surface area contributed by atoms with Gasteiger partial charge in [0.2, 0.25) is 0 Å². The zero-order chi connectivity index (χ0) is 17.4. The van der Waals surface area contributed by atoms with Crippen LogP contribution in [0.2, 0.25) is 0 Å². The summed E-state index contributed by atoms with van der Waals surface area (Å²) in [7, 11) is 1.84. The van der Waals surface area contributed by atoms with Gasteiger partial charge >= 0.3 is 6.09 Å². The lowest BCUT2D eigenvalue weighted by Crippen LogP contribution is -2.48. The van der Waals surface area contributed by atoms with E-state index < -0.39 is 0 Å². The van der Waals surface area contributed by atoms with Crippen LogP contribution in [0.15, 0.2) is 11.3 Å². The minimum atomic E-state index is -0.364. The second kappa shape index (κ2) is 11.1. The molecule has 0 saturated heterocycles. The minimum Gasteiger partial charge on any atom is -0.450 e. The summed E-state index contributed by atoms with van der Waals surface area (Å²) in [5.41, 5.74) is 0. The largest absolute Gasteiger partial charge is 0.450 e. The molecule has 1 saturated carbocycles. The zero-order valence-corrected chi connectivity index (χ0v) is 17.3. The predicted molar refractivity (Wildman–Crippen MR) is 106 cm³/mol. The standard InChI is InChI=1S/C15H27N7O2.HI/c1-4-16-14(18-9-13-19-10-20-22(13)3)17-8-12(11-6-7-11)21-15(23)24-5-2;/h10-12H,4-9H2,1-3H3,(H,21,23)(H2,16,17,18);1H. The van der Waals surface area contributed by atoms with E-state index in [1.807, 2.05) is 14.0 Å². The van der Waals surface area contributed by atoms with Crippen molar-refractivity contribution in [1.82, 2.24) is 30.7 Å². The maximum absolute atomic E-state index is 11.6. The molecule has 0 radical (unpaired) electrons. The van der Waals surface area contributed by atoms with Gasteiger partial charge in [-0.05, 0) is 32.6 Å². The van der Waals surface area contributed by atoms with Crippen LogP contribution in [0, 0.1) is 5.92 Å². The van der Waals surface area contributed by atoms with Gasteiger partial charge in [0.15, 0.2) is 5.96 Å². The number of carbonyl (C=O) groups is 1. The first-order chi connectivity index (χ1) is 11.6. The van der Waals surface area contributed by atoms with Gasteiger partial charge in [0.05, 0.1) is 12.6 Å². The van der Waals surface area contributed by atoms with Gasteiger partial charge in [-0.3, -0.25) is 4.68 Å². The van der Waals surface area contributed by atoms with Crippen molar-refractivity contribution in [3.63, 3.8) is 0 Å². The fourth-order valence-corrected chi connectivity index (χ4v) is 2.32. The molecular formula is C15H28IN7O2. The first-order valence-corrected chi connectivity index (χ1v) is 8.42. The van der Waals surface area contributed by atoms with Crippen LogP contribution in [-0.2, 0) is 18.3 Å². The lowest BCUT2D eigenvalue weighted by atomic mass is 10.2. The molecule has 142 valence electrons. The second-order valence-corrected chi connectivity index (χ2v) is 5.68. The summed E-state index contributed by atoms with van der Waals surface area (Å²) < 4.78 is 6.67. The third-order valence-corrected chi connectivity index (χ3v) is 3.79. The highest BCUT2D eigenvalue weighted by Gasteiger charge is 2.32. The topological polar surface area (TPSA) is 105 Å². The number of ether oxygens (including phenoxy) is 1. The van der Waals surface area contributed by atoms with E-state index in [1.165, 1.54) is 6.33 Å². The first kappa shape index (κ1) is 21.5. The van der Waals surface area contributed by atoms with E-state index in [4.69, 9.17) is 4.74 Å². The number of halogens is 1. The van der Waals surface area contributed by atoms with Gasteiger partial charge in [-0.2, -0.15) is 5.10 Å². The molecular weight excluding hydrogens is 437 g/mol. The Hall–Kier alpha value is -1.59. The Balaban J connectivity index is 0.00000312. The van der Waals surface area contributed by atoms with Crippen molar-refractivity contribution >= 4 is 36.0 Å². The summed E-state index contributed by atoms with van der Waals surface area (Å²) in [6.45, 7) is 5.98. The van der Waals surface area contributed by atoms with Crippen LogP contribution in [0.5, 0.6) is 0 Å². The van der Waals surface area contributed by atoms with Crippen molar-refractivity contribution in [1.29, 1.82) is 0 Å². The quantitative estimate of drug-likeness (QED) is 0.301. The lowest BCUT2D eigenvalue weighted by Gasteiger charge is -2.20. The number of nitrogens with one attached hydrogen (secondary N) is 3. The number of guanidine groups is 1. The number of nitrogens with zero attached hydrogens (tertiary/aromatic N) is 4. The first-order valence-electron chi connectivity index (χ1n) is 8.42. The normalized spacial score (nSPS) is 15.1. The molecule has 2 rings (SSSR count). The van der Waals surface area contributed by atoms with Gasteiger partial charge in [0.1, 0.15) is 18.7 Å². The van der Waals surface area contributed by atoms with Crippen molar-refractivity contribution in [3.05, 3.63) is 12.2 Å². The lowest BCUT2D eigenvalue weighted by molar-refractivity contribution is 0.146. The van der Waals surface area contributed by atoms with Crippen LogP contribution >= 0.6 is 24.0 Å². The number of alkyl carbamates (subject to hydrolysis) is 1. The smallest absolute Gasteiger partial charge is 0.407 e. The molecule has 1 unspecified atom stereocenters. The van der Waals surface area contributed by atoms with Crippen LogP contribution < -0.4 is 16.0 Å². The van der Waals surface area contributed by atoms with E-state index in [2.05, 4.69) is 31.0 Å². The molecule has 1 aliphatic rings. The van der Waals surface area contributed by atoms with E-state index in [0.717, 1.165) is 25.2 Å². The summed E-state index contributed by atoms with van der Waals surface area (Å²) in [6.07, 6.45) is 3.41. The molecule has 0 aliphatic heterocycles. The van der Waals surface area contributed by atoms with Gasteiger partial charge < -0.3 is 20.7 Å². The van der Waals surface area contributed by atoms with Gasteiger partial charge in [0, 0.05) is 20.1 Å². The average molecular weight is 465 g/mol. The zero-order valence-electron chi connectivity index (χ0n) is 15.0. The summed E-state index contributed by atoms with van der Waals surface area (Å²) in [4.78, 5) is 20.3. The molecule has 1 aliphatic carbocycles. The molecule has 1 aromatic heterocycles. The van der Waals surface area contributed by atoms with E-state index in [0.29, 0.717) is 31.6 Å². The molecule has 0 aromatic carbocycles. The Morgan fingerprint density at radius 2 is 2.20 bits per heavy atom. The maximum atomic E-state index is 11.6. The fraction of sp³-hybridized carbons (Fsp3) is 0.733. The Morgan fingerprint density at radius 3 is 2.76 bits per heavy atom. The van der Waals surface area contributed by atoms with Crippen molar-refractivity contribution in [2.24, 2.45) is 18.0 Å². The monoisotopic (exact) mass is 465 g/mol. The molecule has 0 bridgehead atoms. The van der Waals surface area contributed by atoms with Gasteiger partial charge in [-0.15, -0.1) is 24.0 Å². The number of aromatic nitrogens is 3. The molecule has 0 spiro atoms. The molecule has 1 amide bonds. The van der Waals surface area contributed by atoms with Crippen LogP contribution in [0.4, 0.5) is 4.79 Å².